The molecule has 0 radical (unpaired) electrons. The third-order valence-corrected chi connectivity index (χ3v) is 3.81. The van der Waals surface area contributed by atoms with E-state index >= 15 is 0 Å². The van der Waals surface area contributed by atoms with Crippen LogP contribution in [-0.4, -0.2) is 26.9 Å². The maximum atomic E-state index is 5.72. The van der Waals surface area contributed by atoms with Gasteiger partial charge in [-0.05, 0) is 31.7 Å². The van der Waals surface area contributed by atoms with Gasteiger partial charge in [-0.15, -0.1) is 0 Å². The number of benzene rings is 1. The molecule has 0 amide bonds. The lowest BCUT2D eigenvalue weighted by atomic mass is 9.98. The summed E-state index contributed by atoms with van der Waals surface area (Å²) < 4.78 is 16.5. The smallest absolute Gasteiger partial charge is 0.165 e. The zero-order valence-electron chi connectivity index (χ0n) is 12.2. The minimum atomic E-state index is 0.0317. The van der Waals surface area contributed by atoms with Gasteiger partial charge in [0.05, 0.1) is 20.3 Å². The van der Waals surface area contributed by atoms with Crippen LogP contribution in [0.4, 0.5) is 0 Å². The van der Waals surface area contributed by atoms with Crippen molar-refractivity contribution in [3.8, 4) is 11.5 Å². The van der Waals surface area contributed by atoms with Gasteiger partial charge in [-0.1, -0.05) is 12.1 Å². The third-order valence-electron chi connectivity index (χ3n) is 3.81. The predicted molar refractivity (Wildman–Crippen MR) is 77.8 cm³/mol. The summed E-state index contributed by atoms with van der Waals surface area (Å²) in [5.74, 6) is 7.18. The van der Waals surface area contributed by atoms with Gasteiger partial charge < -0.3 is 14.2 Å². The Morgan fingerprint density at radius 1 is 1.40 bits per heavy atom. The second kappa shape index (κ2) is 7.47. The number of nitrogens with one attached hydrogen (secondary N) is 1. The lowest BCUT2D eigenvalue weighted by Gasteiger charge is -2.21. The third kappa shape index (κ3) is 3.42. The van der Waals surface area contributed by atoms with Crippen molar-refractivity contribution in [3.05, 3.63) is 23.8 Å². The van der Waals surface area contributed by atoms with Crippen molar-refractivity contribution in [1.29, 1.82) is 0 Å². The molecule has 1 fully saturated rings. The van der Waals surface area contributed by atoms with Gasteiger partial charge in [-0.2, -0.15) is 0 Å². The minimum Gasteiger partial charge on any atom is -0.493 e. The Bertz CT molecular complexity index is 420. The van der Waals surface area contributed by atoms with Gasteiger partial charge in [0.25, 0.3) is 0 Å². The van der Waals surface area contributed by atoms with Crippen molar-refractivity contribution in [1.82, 2.24) is 5.43 Å². The lowest BCUT2D eigenvalue weighted by molar-refractivity contribution is 0.0995. The van der Waals surface area contributed by atoms with Gasteiger partial charge in [0.2, 0.25) is 0 Å². The summed E-state index contributed by atoms with van der Waals surface area (Å²) in [6.45, 7) is 0.883. The van der Waals surface area contributed by atoms with Crippen LogP contribution in [0.15, 0.2) is 18.2 Å². The van der Waals surface area contributed by atoms with Crippen LogP contribution in [0.5, 0.6) is 11.5 Å². The summed E-state index contributed by atoms with van der Waals surface area (Å²) in [4.78, 5) is 0. The molecule has 20 heavy (non-hydrogen) atoms. The average Bonchev–Trinajstić information content (AvgIpc) is 3.00. The number of hydrazine groups is 1. The maximum absolute atomic E-state index is 5.72. The fraction of sp³-hybridized carbons (Fsp3) is 0.600. The molecule has 1 aromatic carbocycles. The SMILES string of the molecule is COc1cccc(C(CCC2CCCO2)NN)c1OC. The van der Waals surface area contributed by atoms with E-state index in [-0.39, 0.29) is 6.04 Å². The molecule has 0 saturated carbocycles. The highest BCUT2D eigenvalue weighted by atomic mass is 16.5. The fourth-order valence-corrected chi connectivity index (χ4v) is 2.74. The summed E-state index contributed by atoms with van der Waals surface area (Å²) in [6.07, 6.45) is 4.57. The number of hydrogen-bond donors (Lipinski definition) is 2. The molecule has 1 aromatic rings. The predicted octanol–water partition coefficient (Wildman–Crippen LogP) is 2.17. The summed E-state index contributed by atoms with van der Waals surface area (Å²) in [7, 11) is 3.29. The summed E-state index contributed by atoms with van der Waals surface area (Å²) in [6, 6.07) is 5.88. The van der Waals surface area contributed by atoms with Crippen molar-refractivity contribution < 1.29 is 14.2 Å². The van der Waals surface area contributed by atoms with Crippen LogP contribution >= 0.6 is 0 Å². The molecule has 0 aromatic heterocycles. The Labute approximate surface area is 120 Å². The van der Waals surface area contributed by atoms with Gasteiger partial charge in [-0.25, -0.2) is 0 Å². The molecule has 5 nitrogen and oxygen atoms in total. The molecule has 2 rings (SSSR count). The Balaban J connectivity index is 2.09. The largest absolute Gasteiger partial charge is 0.493 e. The van der Waals surface area contributed by atoms with Crippen molar-refractivity contribution in [2.75, 3.05) is 20.8 Å². The Kier molecular flexibility index (Phi) is 5.64. The fourth-order valence-electron chi connectivity index (χ4n) is 2.74. The Morgan fingerprint density at radius 2 is 2.25 bits per heavy atom. The highest BCUT2D eigenvalue weighted by Crippen LogP contribution is 2.36. The van der Waals surface area contributed by atoms with Crippen LogP contribution in [0.2, 0.25) is 0 Å². The quantitative estimate of drug-likeness (QED) is 0.592. The molecule has 112 valence electrons. The summed E-state index contributed by atoms with van der Waals surface area (Å²) in [5, 5.41) is 0. The molecular weight excluding hydrogens is 256 g/mol. The van der Waals surface area contributed by atoms with E-state index in [1.54, 1.807) is 14.2 Å². The highest BCUT2D eigenvalue weighted by molar-refractivity contribution is 5.48. The van der Waals surface area contributed by atoms with Gasteiger partial charge in [0.15, 0.2) is 11.5 Å². The van der Waals surface area contributed by atoms with Crippen LogP contribution < -0.4 is 20.7 Å². The molecule has 0 spiro atoms. The first-order chi connectivity index (χ1) is 9.80. The standard InChI is InChI=1S/C15H24N2O3/c1-18-14-7-3-6-12(15(14)19-2)13(17-16)9-8-11-5-4-10-20-11/h3,6-7,11,13,17H,4-5,8-10,16H2,1-2H3. The number of rotatable bonds is 7. The molecule has 2 unspecified atom stereocenters. The van der Waals surface area contributed by atoms with Gasteiger partial charge in [-0.3, -0.25) is 11.3 Å². The first kappa shape index (κ1) is 15.1. The van der Waals surface area contributed by atoms with E-state index in [4.69, 9.17) is 20.1 Å². The van der Waals surface area contributed by atoms with Crippen LogP contribution in [0, 0.1) is 0 Å². The normalized spacial score (nSPS) is 19.9. The van der Waals surface area contributed by atoms with Crippen molar-refractivity contribution in [2.24, 2.45) is 5.84 Å². The van der Waals surface area contributed by atoms with Crippen LogP contribution in [0.25, 0.3) is 0 Å². The van der Waals surface area contributed by atoms with Gasteiger partial charge in [0, 0.05) is 18.2 Å². The van der Waals surface area contributed by atoms with E-state index in [9.17, 15) is 0 Å². The number of nitrogens with two attached hydrogens (primary N) is 1. The monoisotopic (exact) mass is 280 g/mol. The van der Waals surface area contributed by atoms with Crippen LogP contribution in [0.3, 0.4) is 0 Å². The van der Waals surface area contributed by atoms with E-state index < -0.39 is 0 Å². The number of para-hydroxylation sites is 1. The van der Waals surface area contributed by atoms with Crippen LogP contribution in [-0.2, 0) is 4.74 Å². The minimum absolute atomic E-state index is 0.0317. The van der Waals surface area contributed by atoms with Crippen molar-refractivity contribution >= 4 is 0 Å². The topological polar surface area (TPSA) is 65.7 Å². The molecular formula is C15H24N2O3. The zero-order chi connectivity index (χ0) is 14.4. The van der Waals surface area contributed by atoms with E-state index in [1.165, 1.54) is 0 Å². The molecule has 3 N–H and O–H groups in total. The second-order valence-corrected chi connectivity index (χ2v) is 5.01. The number of methoxy groups -OCH3 is 2. The first-order valence-corrected chi connectivity index (χ1v) is 7.08. The van der Waals surface area contributed by atoms with Gasteiger partial charge >= 0.3 is 0 Å². The summed E-state index contributed by atoms with van der Waals surface area (Å²) >= 11 is 0. The van der Waals surface area contributed by atoms with E-state index in [0.717, 1.165) is 49.4 Å². The Hall–Kier alpha value is -1.30. The maximum Gasteiger partial charge on any atom is 0.165 e. The Morgan fingerprint density at radius 3 is 2.85 bits per heavy atom. The molecule has 1 aliphatic rings. The zero-order valence-corrected chi connectivity index (χ0v) is 12.2. The second-order valence-electron chi connectivity index (χ2n) is 5.01. The first-order valence-electron chi connectivity index (χ1n) is 7.08. The lowest BCUT2D eigenvalue weighted by Crippen LogP contribution is -2.29. The number of ether oxygens (including phenoxy) is 3. The van der Waals surface area contributed by atoms with E-state index in [2.05, 4.69) is 5.43 Å². The number of hydrogen-bond acceptors (Lipinski definition) is 5. The molecule has 5 heteroatoms. The molecule has 1 saturated heterocycles. The molecule has 2 atom stereocenters. The highest BCUT2D eigenvalue weighted by Gasteiger charge is 2.21. The average molecular weight is 280 g/mol. The molecule has 1 heterocycles. The van der Waals surface area contributed by atoms with Gasteiger partial charge in [0.1, 0.15) is 0 Å². The van der Waals surface area contributed by atoms with Crippen molar-refractivity contribution in [3.63, 3.8) is 0 Å². The molecule has 0 aliphatic carbocycles. The van der Waals surface area contributed by atoms with E-state index in [0.29, 0.717) is 6.10 Å². The molecule has 0 bridgehead atoms. The van der Waals surface area contributed by atoms with E-state index in [1.807, 2.05) is 18.2 Å². The summed E-state index contributed by atoms with van der Waals surface area (Å²) in [5.41, 5.74) is 3.90. The van der Waals surface area contributed by atoms with Crippen molar-refractivity contribution in [2.45, 2.75) is 37.8 Å². The van der Waals surface area contributed by atoms with Crippen LogP contribution in [0.1, 0.15) is 37.3 Å². The molecule has 1 aliphatic heterocycles.